The molecular formula is C24H32N3O3+. The summed E-state index contributed by atoms with van der Waals surface area (Å²) in [4.78, 5) is 28.1. The van der Waals surface area contributed by atoms with E-state index < -0.39 is 0 Å². The van der Waals surface area contributed by atoms with Crippen LogP contribution in [0.15, 0.2) is 48.5 Å². The van der Waals surface area contributed by atoms with Gasteiger partial charge in [-0.25, -0.2) is 0 Å². The van der Waals surface area contributed by atoms with E-state index in [-0.39, 0.29) is 11.8 Å². The molecule has 3 rings (SSSR count). The Balaban J connectivity index is 1.57. The second-order valence-corrected chi connectivity index (χ2v) is 7.74. The van der Waals surface area contributed by atoms with Crippen LogP contribution in [0.4, 0.5) is 5.69 Å². The third-order valence-corrected chi connectivity index (χ3v) is 5.60. The Kier molecular flexibility index (Phi) is 7.46. The van der Waals surface area contributed by atoms with Crippen molar-refractivity contribution in [3.63, 3.8) is 0 Å². The van der Waals surface area contributed by atoms with Crippen LogP contribution >= 0.6 is 0 Å². The molecule has 1 atom stereocenters. The Morgan fingerprint density at radius 2 is 1.67 bits per heavy atom. The minimum absolute atomic E-state index is 0.00627. The van der Waals surface area contributed by atoms with Crippen molar-refractivity contribution in [2.75, 3.05) is 32.1 Å². The summed E-state index contributed by atoms with van der Waals surface area (Å²) in [5.41, 5.74) is 2.56. The summed E-state index contributed by atoms with van der Waals surface area (Å²) in [6.45, 7) is 6.55. The zero-order chi connectivity index (χ0) is 21.5. The van der Waals surface area contributed by atoms with E-state index in [9.17, 15) is 9.59 Å². The maximum atomic E-state index is 12.6. The fourth-order valence-corrected chi connectivity index (χ4v) is 3.65. The Hall–Kier alpha value is -2.86. The summed E-state index contributed by atoms with van der Waals surface area (Å²) in [7, 11) is 1.66. The lowest BCUT2D eigenvalue weighted by Gasteiger charge is -2.20. The molecule has 1 aliphatic rings. The average Bonchev–Trinajstić information content (AvgIpc) is 3.60. The molecule has 1 aliphatic carbocycles. The van der Waals surface area contributed by atoms with E-state index in [1.165, 1.54) is 23.3 Å². The van der Waals surface area contributed by atoms with Gasteiger partial charge in [-0.2, -0.15) is 0 Å². The van der Waals surface area contributed by atoms with Crippen molar-refractivity contribution in [2.24, 2.45) is 0 Å². The number of methoxy groups -OCH3 is 1. The molecule has 0 heterocycles. The van der Waals surface area contributed by atoms with Crippen LogP contribution in [0.1, 0.15) is 42.6 Å². The summed E-state index contributed by atoms with van der Waals surface area (Å²) in [6.07, 6.45) is 2.34. The number of rotatable bonds is 10. The second kappa shape index (κ2) is 10.3. The fourth-order valence-electron chi connectivity index (χ4n) is 3.65. The van der Waals surface area contributed by atoms with Crippen molar-refractivity contribution >= 4 is 17.5 Å². The molecule has 0 radical (unpaired) electrons. The number of quaternary nitrogens is 1. The van der Waals surface area contributed by atoms with Gasteiger partial charge < -0.3 is 19.9 Å². The Morgan fingerprint density at radius 3 is 2.20 bits per heavy atom. The number of carbonyl (C=O) groups excluding carboxylic acids is 2. The van der Waals surface area contributed by atoms with Crippen molar-refractivity contribution in [1.82, 2.24) is 4.90 Å². The molecule has 0 aliphatic heterocycles. The van der Waals surface area contributed by atoms with Crippen molar-refractivity contribution in [1.29, 1.82) is 0 Å². The Labute approximate surface area is 178 Å². The van der Waals surface area contributed by atoms with Crippen LogP contribution in [0, 0.1) is 0 Å². The summed E-state index contributed by atoms with van der Waals surface area (Å²) in [6, 6.07) is 15.7. The molecular weight excluding hydrogens is 378 g/mol. The molecule has 0 aromatic heterocycles. The van der Waals surface area contributed by atoms with Crippen molar-refractivity contribution in [3.05, 3.63) is 59.7 Å². The van der Waals surface area contributed by atoms with E-state index in [4.69, 9.17) is 4.74 Å². The normalized spacial score (nSPS) is 14.1. The van der Waals surface area contributed by atoms with Gasteiger partial charge in [0.1, 0.15) is 12.3 Å². The molecule has 2 aromatic rings. The molecule has 1 unspecified atom stereocenters. The molecule has 6 nitrogen and oxygen atoms in total. The van der Waals surface area contributed by atoms with Crippen LogP contribution in [-0.2, 0) is 11.3 Å². The highest BCUT2D eigenvalue weighted by atomic mass is 16.5. The van der Waals surface area contributed by atoms with E-state index in [1.807, 2.05) is 26.0 Å². The minimum Gasteiger partial charge on any atom is -0.497 e. The molecule has 0 bridgehead atoms. The number of carbonyl (C=O) groups is 2. The molecule has 6 heteroatoms. The number of amides is 2. The summed E-state index contributed by atoms with van der Waals surface area (Å²) < 4.78 is 5.22. The van der Waals surface area contributed by atoms with Crippen LogP contribution in [0.2, 0.25) is 0 Å². The highest BCUT2D eigenvalue weighted by Crippen LogP contribution is 2.17. The quantitative estimate of drug-likeness (QED) is 0.632. The number of hydrogen-bond acceptors (Lipinski definition) is 3. The first-order valence-electron chi connectivity index (χ1n) is 10.7. The van der Waals surface area contributed by atoms with Crippen molar-refractivity contribution in [3.8, 4) is 5.75 Å². The minimum atomic E-state index is -0.00627. The second-order valence-electron chi connectivity index (χ2n) is 7.74. The molecule has 0 spiro atoms. The zero-order valence-corrected chi connectivity index (χ0v) is 18.1. The van der Waals surface area contributed by atoms with Crippen molar-refractivity contribution < 1.29 is 19.2 Å². The average molecular weight is 411 g/mol. The first-order valence-corrected chi connectivity index (χ1v) is 10.7. The third-order valence-electron chi connectivity index (χ3n) is 5.60. The van der Waals surface area contributed by atoms with E-state index >= 15 is 0 Å². The topological polar surface area (TPSA) is 63.1 Å². The third kappa shape index (κ3) is 5.83. The largest absolute Gasteiger partial charge is 0.497 e. The van der Waals surface area contributed by atoms with Gasteiger partial charge in [-0.05, 0) is 62.4 Å². The van der Waals surface area contributed by atoms with Gasteiger partial charge in [0.2, 0.25) is 0 Å². The van der Waals surface area contributed by atoms with E-state index in [0.29, 0.717) is 31.2 Å². The van der Waals surface area contributed by atoms with Crippen LogP contribution in [-0.4, -0.2) is 49.5 Å². The lowest BCUT2D eigenvalue weighted by Crippen LogP contribution is -3.13. The predicted octanol–water partition coefficient (Wildman–Crippen LogP) is 2.36. The number of nitrogens with one attached hydrogen (secondary N) is 2. The van der Waals surface area contributed by atoms with Gasteiger partial charge in [0, 0.05) is 42.7 Å². The lowest BCUT2D eigenvalue weighted by molar-refractivity contribution is -0.916. The van der Waals surface area contributed by atoms with Gasteiger partial charge in [0.25, 0.3) is 11.8 Å². The smallest absolute Gasteiger partial charge is 0.279 e. The van der Waals surface area contributed by atoms with Crippen molar-refractivity contribution in [2.45, 2.75) is 39.3 Å². The van der Waals surface area contributed by atoms with Gasteiger partial charge in [-0.1, -0.05) is 0 Å². The number of nitrogens with zero attached hydrogens (tertiary/aromatic N) is 1. The maximum Gasteiger partial charge on any atom is 0.279 e. The Morgan fingerprint density at radius 1 is 1.03 bits per heavy atom. The van der Waals surface area contributed by atoms with Gasteiger partial charge >= 0.3 is 0 Å². The highest BCUT2D eigenvalue weighted by Gasteiger charge is 2.34. The number of anilines is 1. The fraction of sp³-hybridized carbons (Fsp3) is 0.417. The van der Waals surface area contributed by atoms with E-state index in [1.54, 1.807) is 36.3 Å². The van der Waals surface area contributed by atoms with Gasteiger partial charge in [0.05, 0.1) is 13.2 Å². The monoisotopic (exact) mass is 410 g/mol. The van der Waals surface area contributed by atoms with E-state index in [2.05, 4.69) is 17.4 Å². The summed E-state index contributed by atoms with van der Waals surface area (Å²) >= 11 is 0. The molecule has 30 heavy (non-hydrogen) atoms. The van der Waals surface area contributed by atoms with E-state index in [0.717, 1.165) is 18.0 Å². The van der Waals surface area contributed by atoms with Crippen LogP contribution in [0.25, 0.3) is 0 Å². The summed E-state index contributed by atoms with van der Waals surface area (Å²) in [5, 5.41) is 2.98. The lowest BCUT2D eigenvalue weighted by atomic mass is 10.1. The van der Waals surface area contributed by atoms with Crippen LogP contribution < -0.4 is 15.0 Å². The zero-order valence-electron chi connectivity index (χ0n) is 18.1. The van der Waals surface area contributed by atoms with Crippen LogP contribution in [0.5, 0.6) is 5.75 Å². The standard InChI is InChI=1S/C24H31N3O3/c1-4-26(5-2)24(29)19-8-10-20(11-9-19)25-23(28)17-27(21-12-13-21)16-18-6-14-22(30-3)15-7-18/h6-11,14-15,21H,4-5,12-13,16-17H2,1-3H3,(H,25,28)/p+1. The summed E-state index contributed by atoms with van der Waals surface area (Å²) in [5.74, 6) is 0.849. The number of hydrogen-bond donors (Lipinski definition) is 2. The molecule has 2 amide bonds. The highest BCUT2D eigenvalue weighted by molar-refractivity contribution is 5.96. The van der Waals surface area contributed by atoms with Crippen LogP contribution in [0.3, 0.4) is 0 Å². The molecule has 2 aromatic carbocycles. The number of ether oxygens (including phenoxy) is 1. The first-order chi connectivity index (χ1) is 14.5. The van der Waals surface area contributed by atoms with Gasteiger partial charge in [-0.3, -0.25) is 9.59 Å². The van der Waals surface area contributed by atoms with Gasteiger partial charge in [-0.15, -0.1) is 0 Å². The predicted molar refractivity (Wildman–Crippen MR) is 118 cm³/mol. The molecule has 1 saturated carbocycles. The maximum absolute atomic E-state index is 12.6. The SMILES string of the molecule is CCN(CC)C(=O)c1ccc(NC(=O)C[NH+](Cc2ccc(OC)cc2)C2CC2)cc1. The first kappa shape index (κ1) is 21.8. The Bertz CT molecular complexity index is 841. The molecule has 160 valence electrons. The molecule has 2 N–H and O–H groups in total. The molecule has 1 fully saturated rings. The molecule has 0 saturated heterocycles. The van der Waals surface area contributed by atoms with Gasteiger partial charge in [0.15, 0.2) is 6.54 Å². The number of benzene rings is 2.